The van der Waals surface area contributed by atoms with E-state index in [1.165, 1.54) is 11.3 Å². The summed E-state index contributed by atoms with van der Waals surface area (Å²) in [5.74, 6) is -1.73. The van der Waals surface area contributed by atoms with E-state index < -0.39 is 29.6 Å². The van der Waals surface area contributed by atoms with Crippen molar-refractivity contribution in [2.24, 2.45) is 0 Å². The molecule has 0 fully saturated rings. The number of aliphatic carboxylic acids is 1. The first-order valence-corrected chi connectivity index (χ1v) is 13.3. The highest BCUT2D eigenvalue weighted by Crippen LogP contribution is 2.36. The highest BCUT2D eigenvalue weighted by Gasteiger charge is 2.25. The molecule has 0 bridgehead atoms. The Bertz CT molecular complexity index is 1390. The van der Waals surface area contributed by atoms with Gasteiger partial charge in [0.2, 0.25) is 0 Å². The second kappa shape index (κ2) is 12.0. The van der Waals surface area contributed by atoms with Gasteiger partial charge in [0.1, 0.15) is 5.60 Å². The Morgan fingerprint density at radius 3 is 1.85 bits per heavy atom. The maximum atomic E-state index is 13.1. The van der Waals surface area contributed by atoms with Crippen molar-refractivity contribution >= 4 is 35.0 Å². The summed E-state index contributed by atoms with van der Waals surface area (Å²) in [5.41, 5.74) is 2.36. The smallest absolute Gasteiger partial charge is 0.412 e. The molecule has 0 aliphatic carbocycles. The van der Waals surface area contributed by atoms with Crippen LogP contribution in [-0.4, -0.2) is 28.7 Å². The number of carboxylic acids is 1. The second-order valence-electron chi connectivity index (χ2n) is 9.95. The molecular weight excluding hydrogens is 512 g/mol. The fraction of sp³-hybridized carbons (Fsp3) is 0.194. The number of amides is 2. The highest BCUT2D eigenvalue weighted by molar-refractivity contribution is 7.14. The van der Waals surface area contributed by atoms with Crippen molar-refractivity contribution in [1.82, 2.24) is 5.32 Å². The molecule has 0 saturated carbocycles. The zero-order chi connectivity index (χ0) is 28.0. The number of hydrogen-bond donors (Lipinski definition) is 3. The van der Waals surface area contributed by atoms with Crippen LogP contribution in [0.4, 0.5) is 10.5 Å². The van der Waals surface area contributed by atoms with Crippen molar-refractivity contribution in [2.75, 3.05) is 5.32 Å². The summed E-state index contributed by atoms with van der Waals surface area (Å²) >= 11 is 1.33. The molecule has 200 valence electrons. The lowest BCUT2D eigenvalue weighted by molar-refractivity contribution is -0.139. The van der Waals surface area contributed by atoms with E-state index >= 15 is 0 Å². The number of carboxylic acid groups (broad SMARTS) is 1. The summed E-state index contributed by atoms with van der Waals surface area (Å²) in [6.45, 7) is 5.28. The average molecular weight is 543 g/mol. The van der Waals surface area contributed by atoms with Crippen LogP contribution >= 0.6 is 11.3 Å². The Kier molecular flexibility index (Phi) is 8.46. The predicted molar refractivity (Wildman–Crippen MR) is 152 cm³/mol. The van der Waals surface area contributed by atoms with Gasteiger partial charge in [-0.05, 0) is 61.7 Å². The van der Waals surface area contributed by atoms with Gasteiger partial charge in [0.05, 0.1) is 4.88 Å². The Hall–Kier alpha value is -4.43. The number of carbonyl (C=O) groups excluding carboxylic acids is 2. The van der Waals surface area contributed by atoms with E-state index in [4.69, 9.17) is 4.74 Å². The van der Waals surface area contributed by atoms with Crippen LogP contribution in [0.2, 0.25) is 0 Å². The third kappa shape index (κ3) is 7.33. The van der Waals surface area contributed by atoms with Gasteiger partial charge >= 0.3 is 12.1 Å². The van der Waals surface area contributed by atoms with Crippen molar-refractivity contribution in [3.63, 3.8) is 0 Å². The summed E-state index contributed by atoms with van der Waals surface area (Å²) < 4.78 is 5.23. The first kappa shape index (κ1) is 27.6. The molecule has 3 N–H and O–H groups in total. The van der Waals surface area contributed by atoms with Crippen LogP contribution in [0.3, 0.4) is 0 Å². The number of nitrogens with one attached hydrogen (secondary N) is 2. The first-order chi connectivity index (χ1) is 18.6. The third-order valence-electron chi connectivity index (χ3n) is 5.81. The summed E-state index contributed by atoms with van der Waals surface area (Å²) in [5, 5.41) is 15.1. The van der Waals surface area contributed by atoms with Gasteiger partial charge in [-0.25, -0.2) is 9.59 Å². The number of hydrogen-bond acceptors (Lipinski definition) is 5. The van der Waals surface area contributed by atoms with E-state index in [0.29, 0.717) is 16.1 Å². The molecule has 0 radical (unpaired) electrons. The summed E-state index contributed by atoms with van der Waals surface area (Å²) in [6, 6.07) is 28.7. The molecular formula is C31H30N2O5S. The molecule has 4 rings (SSSR count). The molecule has 1 aromatic heterocycles. The summed E-state index contributed by atoms with van der Waals surface area (Å²) in [4.78, 5) is 38.6. The van der Waals surface area contributed by atoms with E-state index in [1.54, 1.807) is 51.1 Å². The topological polar surface area (TPSA) is 105 Å². The Morgan fingerprint density at radius 2 is 1.33 bits per heavy atom. The van der Waals surface area contributed by atoms with Crippen LogP contribution in [0.25, 0.3) is 0 Å². The molecule has 3 aromatic carbocycles. The van der Waals surface area contributed by atoms with Crippen LogP contribution in [0.15, 0.2) is 97.1 Å². The van der Waals surface area contributed by atoms with Gasteiger partial charge in [-0.15, -0.1) is 11.3 Å². The van der Waals surface area contributed by atoms with Gasteiger partial charge < -0.3 is 15.2 Å². The summed E-state index contributed by atoms with van der Waals surface area (Å²) in [6.07, 6.45) is -0.615. The van der Waals surface area contributed by atoms with Gasteiger partial charge in [-0.3, -0.25) is 10.1 Å². The lowest BCUT2D eigenvalue weighted by atomic mass is 9.90. The maximum absolute atomic E-state index is 13.1. The fourth-order valence-corrected chi connectivity index (χ4v) is 5.18. The van der Waals surface area contributed by atoms with Crippen molar-refractivity contribution in [3.05, 3.63) is 124 Å². The van der Waals surface area contributed by atoms with Crippen molar-refractivity contribution in [2.45, 2.75) is 38.3 Å². The zero-order valence-electron chi connectivity index (χ0n) is 21.9. The monoisotopic (exact) mass is 542 g/mol. The third-order valence-corrected chi connectivity index (χ3v) is 6.96. The second-order valence-corrected chi connectivity index (χ2v) is 11.1. The van der Waals surface area contributed by atoms with Crippen LogP contribution < -0.4 is 10.6 Å². The number of thiophene rings is 1. The van der Waals surface area contributed by atoms with Crippen molar-refractivity contribution in [3.8, 4) is 0 Å². The van der Waals surface area contributed by atoms with E-state index in [0.717, 1.165) is 16.0 Å². The molecule has 8 heteroatoms. The van der Waals surface area contributed by atoms with Gasteiger partial charge in [0.15, 0.2) is 6.04 Å². The van der Waals surface area contributed by atoms with E-state index in [1.807, 2.05) is 42.5 Å². The largest absolute Gasteiger partial charge is 0.479 e. The normalized spacial score (nSPS) is 12.0. The molecule has 0 aliphatic heterocycles. The Labute approximate surface area is 231 Å². The maximum Gasteiger partial charge on any atom is 0.412 e. The molecule has 1 heterocycles. The molecule has 39 heavy (non-hydrogen) atoms. The minimum Gasteiger partial charge on any atom is -0.479 e. The van der Waals surface area contributed by atoms with E-state index in [9.17, 15) is 19.5 Å². The number of ether oxygens (including phenoxy) is 1. The van der Waals surface area contributed by atoms with Crippen molar-refractivity contribution < 1.29 is 24.2 Å². The van der Waals surface area contributed by atoms with E-state index in [2.05, 4.69) is 34.9 Å². The standard InChI is InChI=1S/C31H30N2O5S/c1-31(2,3)38-30(37)32-23-16-14-22(15-17-23)27(29(35)36)33-28(34)25-19-18-24(39-25)26(20-10-6-4-7-11-20)21-12-8-5-9-13-21/h4-19,26-27H,1-3H3,(H,32,37)(H,33,34)(H,35,36)/t27-/m0/s1. The van der Waals surface area contributed by atoms with Gasteiger partial charge in [-0.2, -0.15) is 0 Å². The number of rotatable bonds is 8. The SMILES string of the molecule is CC(C)(C)OC(=O)Nc1ccc([C@H](NC(=O)c2ccc(C(c3ccccc3)c3ccccc3)s2)C(=O)O)cc1. The first-order valence-electron chi connectivity index (χ1n) is 12.4. The minimum atomic E-state index is -1.27. The molecule has 2 amide bonds. The number of anilines is 1. The highest BCUT2D eigenvalue weighted by atomic mass is 32.1. The van der Waals surface area contributed by atoms with Gasteiger partial charge in [-0.1, -0.05) is 72.8 Å². The lowest BCUT2D eigenvalue weighted by Gasteiger charge is -2.20. The quantitative estimate of drug-likeness (QED) is 0.226. The number of benzene rings is 3. The average Bonchev–Trinajstić information content (AvgIpc) is 3.38. The molecule has 1 atom stereocenters. The molecule has 0 saturated heterocycles. The van der Waals surface area contributed by atoms with Gasteiger partial charge in [0, 0.05) is 16.5 Å². The molecule has 0 aliphatic rings. The fourth-order valence-electron chi connectivity index (χ4n) is 4.11. The molecule has 7 nitrogen and oxygen atoms in total. The summed E-state index contributed by atoms with van der Waals surface area (Å²) in [7, 11) is 0. The number of carbonyl (C=O) groups is 3. The lowest BCUT2D eigenvalue weighted by Crippen LogP contribution is -2.33. The predicted octanol–water partition coefficient (Wildman–Crippen LogP) is 6.83. The molecule has 4 aromatic rings. The van der Waals surface area contributed by atoms with E-state index in [-0.39, 0.29) is 5.92 Å². The zero-order valence-corrected chi connectivity index (χ0v) is 22.7. The van der Waals surface area contributed by atoms with Crippen LogP contribution in [0.5, 0.6) is 0 Å². The van der Waals surface area contributed by atoms with Crippen LogP contribution in [0, 0.1) is 0 Å². The van der Waals surface area contributed by atoms with Crippen LogP contribution in [-0.2, 0) is 9.53 Å². The van der Waals surface area contributed by atoms with Crippen LogP contribution in [0.1, 0.15) is 64.0 Å². The van der Waals surface area contributed by atoms with Gasteiger partial charge in [0.25, 0.3) is 5.91 Å². The molecule has 0 spiro atoms. The Balaban J connectivity index is 1.51. The Morgan fingerprint density at radius 1 is 0.769 bits per heavy atom. The minimum absolute atomic E-state index is 0.0563. The molecule has 0 unspecified atom stereocenters. The van der Waals surface area contributed by atoms with Crippen molar-refractivity contribution in [1.29, 1.82) is 0 Å².